The minimum atomic E-state index is -1.16. The summed E-state index contributed by atoms with van der Waals surface area (Å²) >= 11 is 0. The average molecular weight is 250 g/mol. The second kappa shape index (κ2) is 4.92. The zero-order valence-corrected chi connectivity index (χ0v) is 10.7. The molecule has 0 spiro atoms. The molecule has 98 valence electrons. The van der Waals surface area contributed by atoms with E-state index < -0.39 is 11.5 Å². The predicted octanol–water partition coefficient (Wildman–Crippen LogP) is 1.86. The second-order valence-electron chi connectivity index (χ2n) is 5.29. The lowest BCUT2D eigenvalue weighted by Gasteiger charge is -2.26. The lowest BCUT2D eigenvalue weighted by atomic mass is 9.81. The molecule has 18 heavy (non-hydrogen) atoms. The Hall–Kier alpha value is -1.65. The summed E-state index contributed by atoms with van der Waals surface area (Å²) in [5.74, 6) is -0.731. The molecule has 1 aromatic heterocycles. The van der Waals surface area contributed by atoms with Crippen LogP contribution in [0.2, 0.25) is 0 Å². The van der Waals surface area contributed by atoms with Crippen molar-refractivity contribution in [1.82, 2.24) is 9.55 Å². The maximum atomic E-state index is 12.2. The van der Waals surface area contributed by atoms with Crippen molar-refractivity contribution in [2.45, 2.75) is 45.6 Å². The molecule has 1 saturated carbocycles. The molecule has 1 heterocycles. The Balaban J connectivity index is 2.47. The maximum Gasteiger partial charge on any atom is 0.343 e. The fourth-order valence-electron chi connectivity index (χ4n) is 2.22. The standard InChI is InChI=1S/C13H18N2O3/c1-8(2)6-15-7-14-11(9-4-3-5-9)10(12(15)16)13(17)18/h7-9H,3-6H2,1-2H3,(H,17,18). The van der Waals surface area contributed by atoms with E-state index in [1.54, 1.807) is 0 Å². The molecule has 0 radical (unpaired) electrons. The molecule has 1 aliphatic carbocycles. The van der Waals surface area contributed by atoms with Crippen molar-refractivity contribution in [2.24, 2.45) is 5.92 Å². The van der Waals surface area contributed by atoms with Crippen molar-refractivity contribution < 1.29 is 9.90 Å². The van der Waals surface area contributed by atoms with Crippen molar-refractivity contribution >= 4 is 5.97 Å². The van der Waals surface area contributed by atoms with Gasteiger partial charge < -0.3 is 5.11 Å². The van der Waals surface area contributed by atoms with E-state index in [0.717, 1.165) is 19.3 Å². The van der Waals surface area contributed by atoms with E-state index in [-0.39, 0.29) is 17.4 Å². The summed E-state index contributed by atoms with van der Waals surface area (Å²) in [5.41, 5.74) is -0.0882. The fourth-order valence-corrected chi connectivity index (χ4v) is 2.22. The van der Waals surface area contributed by atoms with E-state index in [9.17, 15) is 14.7 Å². The lowest BCUT2D eigenvalue weighted by Crippen LogP contribution is -2.32. The van der Waals surface area contributed by atoms with Gasteiger partial charge in [-0.3, -0.25) is 9.36 Å². The third-order valence-electron chi connectivity index (χ3n) is 3.33. The van der Waals surface area contributed by atoms with E-state index in [4.69, 9.17) is 0 Å². The average Bonchev–Trinajstić information content (AvgIpc) is 2.18. The Labute approximate surface area is 105 Å². The highest BCUT2D eigenvalue weighted by Gasteiger charge is 2.28. The largest absolute Gasteiger partial charge is 0.477 e. The summed E-state index contributed by atoms with van der Waals surface area (Å²) < 4.78 is 1.40. The van der Waals surface area contributed by atoms with Gasteiger partial charge in [0.05, 0.1) is 12.0 Å². The number of hydrogen-bond donors (Lipinski definition) is 1. The molecule has 0 atom stereocenters. The van der Waals surface area contributed by atoms with Crippen LogP contribution in [0.3, 0.4) is 0 Å². The second-order valence-corrected chi connectivity index (χ2v) is 5.29. The van der Waals surface area contributed by atoms with Gasteiger partial charge in [0.15, 0.2) is 0 Å². The molecule has 1 N–H and O–H groups in total. The molecule has 1 fully saturated rings. The van der Waals surface area contributed by atoms with E-state index >= 15 is 0 Å². The Morgan fingerprint density at radius 1 is 1.56 bits per heavy atom. The number of carboxylic acid groups (broad SMARTS) is 1. The summed E-state index contributed by atoms with van der Waals surface area (Å²) in [6.45, 7) is 4.45. The van der Waals surface area contributed by atoms with Gasteiger partial charge in [0, 0.05) is 12.5 Å². The quantitative estimate of drug-likeness (QED) is 0.885. The first kappa shape index (κ1) is 12.8. The van der Waals surface area contributed by atoms with Gasteiger partial charge in [-0.1, -0.05) is 20.3 Å². The van der Waals surface area contributed by atoms with Gasteiger partial charge in [-0.2, -0.15) is 0 Å². The van der Waals surface area contributed by atoms with Crippen molar-refractivity contribution in [3.63, 3.8) is 0 Å². The van der Waals surface area contributed by atoms with Gasteiger partial charge >= 0.3 is 5.97 Å². The molecular formula is C13H18N2O3. The summed E-state index contributed by atoms with van der Waals surface area (Å²) in [6, 6.07) is 0. The highest BCUT2D eigenvalue weighted by molar-refractivity contribution is 5.88. The molecule has 0 saturated heterocycles. The number of rotatable bonds is 4. The highest BCUT2D eigenvalue weighted by Crippen LogP contribution is 2.35. The summed E-state index contributed by atoms with van der Waals surface area (Å²) in [7, 11) is 0. The van der Waals surface area contributed by atoms with Gasteiger partial charge in [0.2, 0.25) is 0 Å². The third kappa shape index (κ3) is 2.30. The minimum Gasteiger partial charge on any atom is -0.477 e. The molecule has 0 unspecified atom stereocenters. The van der Waals surface area contributed by atoms with Crippen molar-refractivity contribution in [3.05, 3.63) is 27.9 Å². The Morgan fingerprint density at radius 3 is 2.67 bits per heavy atom. The van der Waals surface area contributed by atoms with E-state index in [1.807, 2.05) is 13.8 Å². The lowest BCUT2D eigenvalue weighted by molar-refractivity contribution is 0.0690. The smallest absolute Gasteiger partial charge is 0.343 e. The topological polar surface area (TPSA) is 72.2 Å². The highest BCUT2D eigenvalue weighted by atomic mass is 16.4. The van der Waals surface area contributed by atoms with Crippen LogP contribution in [-0.2, 0) is 6.54 Å². The van der Waals surface area contributed by atoms with Crippen LogP contribution in [0, 0.1) is 5.92 Å². The number of carbonyl (C=O) groups is 1. The molecular weight excluding hydrogens is 232 g/mol. The van der Waals surface area contributed by atoms with Crippen LogP contribution < -0.4 is 5.56 Å². The zero-order valence-electron chi connectivity index (χ0n) is 10.7. The van der Waals surface area contributed by atoms with Crippen LogP contribution >= 0.6 is 0 Å². The molecule has 2 rings (SSSR count). The van der Waals surface area contributed by atoms with Crippen LogP contribution in [0.15, 0.2) is 11.1 Å². The first-order valence-corrected chi connectivity index (χ1v) is 6.33. The number of aromatic carboxylic acids is 1. The number of carboxylic acids is 1. The van der Waals surface area contributed by atoms with Gasteiger partial charge in [-0.15, -0.1) is 0 Å². The van der Waals surface area contributed by atoms with Gasteiger partial charge in [0.1, 0.15) is 5.56 Å². The Kier molecular flexibility index (Phi) is 3.50. The molecule has 0 amide bonds. The Bertz CT molecular complexity index is 515. The molecule has 5 nitrogen and oxygen atoms in total. The molecule has 0 aliphatic heterocycles. The van der Waals surface area contributed by atoms with Crippen molar-refractivity contribution in [1.29, 1.82) is 0 Å². The van der Waals surface area contributed by atoms with Crippen LogP contribution in [0.25, 0.3) is 0 Å². The number of hydrogen-bond acceptors (Lipinski definition) is 3. The Morgan fingerprint density at radius 2 is 2.22 bits per heavy atom. The van der Waals surface area contributed by atoms with Gasteiger partial charge in [-0.05, 0) is 18.8 Å². The first-order chi connectivity index (χ1) is 8.50. The molecule has 0 aromatic carbocycles. The van der Waals surface area contributed by atoms with Crippen LogP contribution in [-0.4, -0.2) is 20.6 Å². The SMILES string of the molecule is CC(C)Cn1cnc(C2CCC2)c(C(=O)O)c1=O. The number of aromatic nitrogens is 2. The van der Waals surface area contributed by atoms with Crippen molar-refractivity contribution in [3.8, 4) is 0 Å². The predicted molar refractivity (Wildman–Crippen MR) is 66.9 cm³/mol. The van der Waals surface area contributed by atoms with Crippen LogP contribution in [0.4, 0.5) is 0 Å². The summed E-state index contributed by atoms with van der Waals surface area (Å²) in [4.78, 5) is 27.6. The zero-order chi connectivity index (χ0) is 13.3. The maximum absolute atomic E-state index is 12.2. The normalized spacial score (nSPS) is 15.7. The third-order valence-corrected chi connectivity index (χ3v) is 3.33. The van der Waals surface area contributed by atoms with Gasteiger partial charge in [0.25, 0.3) is 5.56 Å². The molecule has 5 heteroatoms. The molecule has 1 aliphatic rings. The van der Waals surface area contributed by atoms with E-state index in [0.29, 0.717) is 12.2 Å². The fraction of sp³-hybridized carbons (Fsp3) is 0.615. The van der Waals surface area contributed by atoms with E-state index in [2.05, 4.69) is 4.98 Å². The monoisotopic (exact) mass is 250 g/mol. The molecule has 0 bridgehead atoms. The number of nitrogens with zero attached hydrogens (tertiary/aromatic N) is 2. The van der Waals surface area contributed by atoms with Crippen LogP contribution in [0.1, 0.15) is 55.1 Å². The van der Waals surface area contributed by atoms with Gasteiger partial charge in [-0.25, -0.2) is 9.78 Å². The summed E-state index contributed by atoms with van der Waals surface area (Å²) in [6.07, 6.45) is 4.44. The molecule has 1 aromatic rings. The van der Waals surface area contributed by atoms with Crippen molar-refractivity contribution in [2.75, 3.05) is 0 Å². The first-order valence-electron chi connectivity index (χ1n) is 6.33. The van der Waals surface area contributed by atoms with E-state index in [1.165, 1.54) is 10.9 Å². The minimum absolute atomic E-state index is 0.136. The van der Waals surface area contributed by atoms with Crippen LogP contribution in [0.5, 0.6) is 0 Å². The summed E-state index contributed by atoms with van der Waals surface area (Å²) in [5, 5.41) is 9.22.